The Morgan fingerprint density at radius 3 is 2.91 bits per heavy atom. The molecule has 33 heavy (non-hydrogen) atoms. The van der Waals surface area contributed by atoms with Crippen LogP contribution < -0.4 is 14.8 Å². The number of amides is 1. The number of carbonyl (C=O) groups excluding carboxylic acids is 1. The summed E-state index contributed by atoms with van der Waals surface area (Å²) < 4.78 is 11.1. The smallest absolute Gasteiger partial charge is 0.248 e. The average Bonchev–Trinajstić information content (AvgIpc) is 3.32. The van der Waals surface area contributed by atoms with Gasteiger partial charge in [-0.3, -0.25) is 4.79 Å². The van der Waals surface area contributed by atoms with Gasteiger partial charge in [0.25, 0.3) is 0 Å². The number of hydrogen-bond donors (Lipinski definition) is 2. The van der Waals surface area contributed by atoms with Crippen LogP contribution in [0.5, 0.6) is 11.6 Å². The molecule has 1 fully saturated rings. The third-order valence-electron chi connectivity index (χ3n) is 5.18. The number of rotatable bonds is 7. The number of hydrogen-bond acceptors (Lipinski definition) is 9. The quantitative estimate of drug-likeness (QED) is 0.560. The molecule has 0 spiro atoms. The van der Waals surface area contributed by atoms with Crippen molar-refractivity contribution in [2.75, 3.05) is 32.1 Å². The van der Waals surface area contributed by atoms with Crippen molar-refractivity contribution in [1.82, 2.24) is 19.9 Å². The van der Waals surface area contributed by atoms with Crippen LogP contribution in [0.3, 0.4) is 0 Å². The second-order valence-corrected chi connectivity index (χ2v) is 7.33. The molecule has 1 saturated heterocycles. The highest BCUT2D eigenvalue weighted by atomic mass is 16.5. The van der Waals surface area contributed by atoms with Crippen LogP contribution in [0.1, 0.15) is 12.0 Å². The summed E-state index contributed by atoms with van der Waals surface area (Å²) in [5.41, 5.74) is 2.47. The molecule has 3 heterocycles. The lowest BCUT2D eigenvalue weighted by Crippen LogP contribution is -2.32. The number of aliphatic hydroxyl groups excluding tert-OH is 1. The van der Waals surface area contributed by atoms with Crippen LogP contribution in [-0.4, -0.2) is 63.8 Å². The Balaban J connectivity index is 1.50. The molecule has 1 aliphatic rings. The minimum absolute atomic E-state index is 0.231. The predicted octanol–water partition coefficient (Wildman–Crippen LogP) is 2.13. The summed E-state index contributed by atoms with van der Waals surface area (Å²) >= 11 is 0. The maximum absolute atomic E-state index is 11.7. The van der Waals surface area contributed by atoms with Gasteiger partial charge >= 0.3 is 0 Å². The van der Waals surface area contributed by atoms with Gasteiger partial charge in [0, 0.05) is 42.7 Å². The highest BCUT2D eigenvalue weighted by Gasteiger charge is 2.27. The molecule has 1 aliphatic heterocycles. The maximum atomic E-state index is 11.7. The summed E-state index contributed by atoms with van der Waals surface area (Å²) in [6.45, 7) is 0.381. The van der Waals surface area contributed by atoms with Gasteiger partial charge in [-0.1, -0.05) is 0 Å². The van der Waals surface area contributed by atoms with E-state index in [9.17, 15) is 10.1 Å². The van der Waals surface area contributed by atoms with Gasteiger partial charge in [-0.15, -0.1) is 0 Å². The topological polar surface area (TPSA) is 133 Å². The number of nitrogens with zero attached hydrogens (tertiary/aromatic N) is 5. The molecule has 1 amide bonds. The Bertz CT molecular complexity index is 1200. The Morgan fingerprint density at radius 1 is 1.27 bits per heavy atom. The fraction of sp³-hybridized carbons (Fsp3) is 0.261. The lowest BCUT2D eigenvalue weighted by molar-refractivity contribution is -0.133. The van der Waals surface area contributed by atoms with Crippen molar-refractivity contribution in [3.63, 3.8) is 0 Å². The molecule has 0 radical (unpaired) electrons. The first-order valence-corrected chi connectivity index (χ1v) is 10.3. The monoisotopic (exact) mass is 446 g/mol. The molecule has 1 atom stereocenters. The van der Waals surface area contributed by atoms with Crippen LogP contribution in [0.25, 0.3) is 11.3 Å². The van der Waals surface area contributed by atoms with Gasteiger partial charge in [0.1, 0.15) is 24.5 Å². The molecule has 3 aromatic rings. The molecule has 168 valence electrons. The molecule has 1 aromatic carbocycles. The Labute approximate surface area is 190 Å². The van der Waals surface area contributed by atoms with Crippen molar-refractivity contribution in [1.29, 1.82) is 5.26 Å². The lowest BCUT2D eigenvalue weighted by atomic mass is 10.1. The fourth-order valence-electron chi connectivity index (χ4n) is 3.52. The van der Waals surface area contributed by atoms with Crippen LogP contribution in [0.2, 0.25) is 0 Å². The molecular weight excluding hydrogens is 424 g/mol. The minimum atomic E-state index is -0.519. The SMILES string of the molecule is COc1cc(Nc2nccc(-c3ccc(O[C@@H]4CCN(C(=O)CO)C4)c(C#N)c3)n2)ccn1. The normalized spacial score (nSPS) is 15.1. The Morgan fingerprint density at radius 2 is 2.12 bits per heavy atom. The number of carbonyl (C=O) groups is 1. The average molecular weight is 446 g/mol. The number of nitriles is 1. The molecule has 10 heteroatoms. The van der Waals surface area contributed by atoms with Crippen molar-refractivity contribution >= 4 is 17.5 Å². The third kappa shape index (κ3) is 5.16. The molecular formula is C23H22N6O4. The van der Waals surface area contributed by atoms with Crippen molar-refractivity contribution < 1.29 is 19.4 Å². The first-order valence-electron chi connectivity index (χ1n) is 10.3. The highest BCUT2D eigenvalue weighted by Crippen LogP contribution is 2.28. The number of pyridine rings is 1. The van der Waals surface area contributed by atoms with E-state index in [1.807, 2.05) is 6.07 Å². The van der Waals surface area contributed by atoms with E-state index in [0.717, 1.165) is 11.3 Å². The standard InChI is InChI=1S/C23H22N6O4/c1-32-21-11-17(4-7-25-21)27-23-26-8-5-19(28-23)15-2-3-20(16(10-15)12-24)33-18-6-9-29(13-18)22(31)14-30/h2-5,7-8,10-11,18,30H,6,9,13-14H2,1H3,(H,25,26,27,28)/t18-/m1/s1. The number of methoxy groups -OCH3 is 1. The zero-order valence-corrected chi connectivity index (χ0v) is 17.9. The molecule has 0 aliphatic carbocycles. The summed E-state index contributed by atoms with van der Waals surface area (Å²) in [5, 5.41) is 21.8. The van der Waals surface area contributed by atoms with E-state index in [1.54, 1.807) is 54.7 Å². The van der Waals surface area contributed by atoms with Gasteiger partial charge < -0.3 is 24.8 Å². The zero-order chi connectivity index (χ0) is 23.2. The summed E-state index contributed by atoms with van der Waals surface area (Å²) in [6.07, 6.45) is 3.65. The second-order valence-electron chi connectivity index (χ2n) is 7.33. The Hall–Kier alpha value is -4.23. The molecule has 0 saturated carbocycles. The summed E-state index contributed by atoms with van der Waals surface area (Å²) in [6, 6.07) is 12.7. The van der Waals surface area contributed by atoms with Gasteiger partial charge in [0.05, 0.1) is 24.9 Å². The molecule has 4 rings (SSSR count). The largest absolute Gasteiger partial charge is 0.487 e. The van der Waals surface area contributed by atoms with Gasteiger partial charge in [-0.2, -0.15) is 5.26 Å². The molecule has 2 aromatic heterocycles. The van der Waals surface area contributed by atoms with Crippen LogP contribution in [0, 0.1) is 11.3 Å². The third-order valence-corrected chi connectivity index (χ3v) is 5.18. The maximum Gasteiger partial charge on any atom is 0.248 e. The first-order chi connectivity index (χ1) is 16.1. The summed E-state index contributed by atoms with van der Waals surface area (Å²) in [5.74, 6) is 0.979. The van der Waals surface area contributed by atoms with E-state index in [1.165, 1.54) is 0 Å². The zero-order valence-electron chi connectivity index (χ0n) is 17.9. The van der Waals surface area contributed by atoms with Crippen LogP contribution >= 0.6 is 0 Å². The van der Waals surface area contributed by atoms with Crippen molar-refractivity contribution in [2.24, 2.45) is 0 Å². The number of aliphatic hydroxyl groups is 1. The summed E-state index contributed by atoms with van der Waals surface area (Å²) in [4.78, 5) is 26.1. The van der Waals surface area contributed by atoms with E-state index in [4.69, 9.17) is 14.6 Å². The number of ether oxygens (including phenoxy) is 2. The van der Waals surface area contributed by atoms with E-state index in [-0.39, 0.29) is 12.0 Å². The van der Waals surface area contributed by atoms with Crippen LogP contribution in [-0.2, 0) is 4.79 Å². The molecule has 0 bridgehead atoms. The number of anilines is 2. The van der Waals surface area contributed by atoms with Gasteiger partial charge in [-0.05, 0) is 30.3 Å². The fourth-order valence-corrected chi connectivity index (χ4v) is 3.52. The number of nitrogens with one attached hydrogen (secondary N) is 1. The number of aromatic nitrogens is 3. The highest BCUT2D eigenvalue weighted by molar-refractivity contribution is 5.77. The van der Waals surface area contributed by atoms with Crippen LogP contribution in [0.4, 0.5) is 11.6 Å². The number of likely N-dealkylation sites (tertiary alicyclic amines) is 1. The summed E-state index contributed by atoms with van der Waals surface area (Å²) in [7, 11) is 1.54. The van der Waals surface area contributed by atoms with Gasteiger partial charge in [0.15, 0.2) is 0 Å². The van der Waals surface area contributed by atoms with Crippen molar-refractivity contribution in [2.45, 2.75) is 12.5 Å². The number of benzene rings is 1. The van der Waals surface area contributed by atoms with E-state index < -0.39 is 6.61 Å². The van der Waals surface area contributed by atoms with Gasteiger partial charge in [0.2, 0.25) is 17.7 Å². The van der Waals surface area contributed by atoms with Crippen molar-refractivity contribution in [3.05, 3.63) is 54.4 Å². The van der Waals surface area contributed by atoms with E-state index in [0.29, 0.717) is 48.3 Å². The predicted molar refractivity (Wildman–Crippen MR) is 119 cm³/mol. The molecule has 10 nitrogen and oxygen atoms in total. The first kappa shape index (κ1) is 22.0. The molecule has 2 N–H and O–H groups in total. The van der Waals surface area contributed by atoms with Crippen LogP contribution in [0.15, 0.2) is 48.8 Å². The molecule has 0 unspecified atom stereocenters. The lowest BCUT2D eigenvalue weighted by Gasteiger charge is -2.17. The van der Waals surface area contributed by atoms with Gasteiger partial charge in [-0.25, -0.2) is 15.0 Å². The Kier molecular flexibility index (Phi) is 6.61. The minimum Gasteiger partial charge on any atom is -0.487 e. The second kappa shape index (κ2) is 9.93. The van der Waals surface area contributed by atoms with Crippen molar-refractivity contribution in [3.8, 4) is 29.0 Å². The van der Waals surface area contributed by atoms with E-state index >= 15 is 0 Å². The van der Waals surface area contributed by atoms with E-state index in [2.05, 4.69) is 26.3 Å².